The Morgan fingerprint density at radius 3 is 2.58 bits per heavy atom. The van der Waals surface area contributed by atoms with Crippen LogP contribution in [0.1, 0.15) is 32.8 Å². The van der Waals surface area contributed by atoms with E-state index in [0.717, 1.165) is 11.3 Å². The number of para-hydroxylation sites is 2. The molecule has 0 saturated carbocycles. The van der Waals surface area contributed by atoms with Crippen LogP contribution in [0.25, 0.3) is 0 Å². The molecule has 0 bridgehead atoms. The van der Waals surface area contributed by atoms with Gasteiger partial charge in [-0.2, -0.15) is 4.99 Å². The number of hydrogen-bond donors (Lipinski definition) is 1. The van der Waals surface area contributed by atoms with E-state index in [1.54, 1.807) is 12.1 Å². The first-order valence-corrected chi connectivity index (χ1v) is 11.4. The van der Waals surface area contributed by atoms with Gasteiger partial charge in [0, 0.05) is 5.56 Å². The van der Waals surface area contributed by atoms with Gasteiger partial charge >= 0.3 is 0 Å². The number of hydrogen-bond acceptors (Lipinski definition) is 5. The SMILES string of the molecule is CC(C)CC1C(=O)N=C2c3ccccc3N=C(SC(C)C(=O)Nc3ccccc3Cl)N21. The maximum atomic E-state index is 12.8. The number of rotatable bonds is 5. The smallest absolute Gasteiger partial charge is 0.270 e. The van der Waals surface area contributed by atoms with Gasteiger partial charge in [-0.25, -0.2) is 4.99 Å². The molecule has 2 heterocycles. The first-order valence-electron chi connectivity index (χ1n) is 10.2. The second-order valence-corrected chi connectivity index (χ2v) is 9.64. The molecule has 2 aliphatic heterocycles. The van der Waals surface area contributed by atoms with Crippen LogP contribution in [-0.2, 0) is 9.59 Å². The first-order chi connectivity index (χ1) is 14.8. The quantitative estimate of drug-likeness (QED) is 0.681. The van der Waals surface area contributed by atoms with Crippen molar-refractivity contribution in [2.75, 3.05) is 5.32 Å². The van der Waals surface area contributed by atoms with Crippen molar-refractivity contribution in [2.24, 2.45) is 15.9 Å². The molecule has 2 amide bonds. The molecule has 8 heteroatoms. The van der Waals surface area contributed by atoms with E-state index in [2.05, 4.69) is 24.2 Å². The molecular formula is C23H23ClN4O2S. The Hall–Kier alpha value is -2.64. The molecule has 2 unspecified atom stereocenters. The summed E-state index contributed by atoms with van der Waals surface area (Å²) in [5.74, 6) is 0.571. The summed E-state index contributed by atoms with van der Waals surface area (Å²) in [5, 5.41) is 3.49. The Bertz CT molecular complexity index is 1100. The third-order valence-electron chi connectivity index (χ3n) is 5.09. The van der Waals surface area contributed by atoms with Gasteiger partial charge in [-0.15, -0.1) is 0 Å². The lowest BCUT2D eigenvalue weighted by Gasteiger charge is -2.32. The fourth-order valence-electron chi connectivity index (χ4n) is 3.57. The summed E-state index contributed by atoms with van der Waals surface area (Å²) in [6, 6.07) is 14.3. The van der Waals surface area contributed by atoms with Crippen molar-refractivity contribution in [1.82, 2.24) is 4.90 Å². The maximum absolute atomic E-state index is 12.8. The van der Waals surface area contributed by atoms with Crippen molar-refractivity contribution < 1.29 is 9.59 Å². The summed E-state index contributed by atoms with van der Waals surface area (Å²) in [6.45, 7) is 5.96. The number of thioether (sulfide) groups is 1. The Kier molecular flexibility index (Phi) is 6.16. The number of amidine groups is 2. The summed E-state index contributed by atoms with van der Waals surface area (Å²) < 4.78 is 0. The van der Waals surface area contributed by atoms with Crippen LogP contribution in [0.5, 0.6) is 0 Å². The molecule has 0 aromatic heterocycles. The third-order valence-corrected chi connectivity index (χ3v) is 6.48. The number of amides is 2. The standard InChI is InChI=1S/C23H23ClN4O2S/c1-13(2)12-19-22(30)27-20-15-8-4-6-10-17(15)26-23(28(19)20)31-14(3)21(29)25-18-11-7-5-9-16(18)24/h4-11,13-14,19H,12H2,1-3H3,(H,25,29). The number of nitrogens with zero attached hydrogens (tertiary/aromatic N) is 3. The van der Waals surface area contributed by atoms with E-state index in [1.807, 2.05) is 48.2 Å². The minimum Gasteiger partial charge on any atom is -0.324 e. The molecular weight excluding hydrogens is 432 g/mol. The van der Waals surface area contributed by atoms with Crippen LogP contribution in [0.3, 0.4) is 0 Å². The van der Waals surface area contributed by atoms with Gasteiger partial charge in [0.15, 0.2) is 5.17 Å². The predicted molar refractivity (Wildman–Crippen MR) is 127 cm³/mol. The maximum Gasteiger partial charge on any atom is 0.270 e. The number of nitrogens with one attached hydrogen (secondary N) is 1. The van der Waals surface area contributed by atoms with Gasteiger partial charge in [0.1, 0.15) is 11.9 Å². The molecule has 1 N–H and O–H groups in total. The van der Waals surface area contributed by atoms with Crippen LogP contribution in [-0.4, -0.2) is 39.0 Å². The van der Waals surface area contributed by atoms with E-state index in [9.17, 15) is 9.59 Å². The highest BCUT2D eigenvalue weighted by Crippen LogP contribution is 2.36. The molecule has 2 aliphatic rings. The van der Waals surface area contributed by atoms with Gasteiger partial charge in [0.2, 0.25) is 5.91 Å². The predicted octanol–water partition coefficient (Wildman–Crippen LogP) is 5.11. The molecule has 2 aromatic carbocycles. The number of benzene rings is 2. The van der Waals surface area contributed by atoms with Crippen molar-refractivity contribution in [3.8, 4) is 0 Å². The highest BCUT2D eigenvalue weighted by Gasteiger charge is 2.42. The molecule has 2 atom stereocenters. The average Bonchev–Trinajstić information content (AvgIpc) is 3.05. The van der Waals surface area contributed by atoms with E-state index in [4.69, 9.17) is 16.6 Å². The van der Waals surface area contributed by atoms with Crippen molar-refractivity contribution >= 4 is 57.6 Å². The van der Waals surface area contributed by atoms with Crippen LogP contribution in [0.2, 0.25) is 5.02 Å². The fourth-order valence-corrected chi connectivity index (χ4v) is 4.71. The van der Waals surface area contributed by atoms with Crippen LogP contribution >= 0.6 is 23.4 Å². The van der Waals surface area contributed by atoms with Crippen molar-refractivity contribution in [3.05, 3.63) is 59.1 Å². The summed E-state index contributed by atoms with van der Waals surface area (Å²) in [6.07, 6.45) is 0.660. The minimum atomic E-state index is -0.461. The zero-order valence-corrected chi connectivity index (χ0v) is 19.1. The molecule has 0 spiro atoms. The van der Waals surface area contributed by atoms with E-state index in [1.165, 1.54) is 11.8 Å². The normalized spacial score (nSPS) is 18.3. The highest BCUT2D eigenvalue weighted by molar-refractivity contribution is 8.14. The van der Waals surface area contributed by atoms with E-state index < -0.39 is 11.3 Å². The summed E-state index contributed by atoms with van der Waals surface area (Å²) in [7, 11) is 0. The largest absolute Gasteiger partial charge is 0.324 e. The van der Waals surface area contributed by atoms with Crippen molar-refractivity contribution in [3.63, 3.8) is 0 Å². The Balaban J connectivity index is 1.62. The Labute approximate surface area is 190 Å². The van der Waals surface area contributed by atoms with E-state index >= 15 is 0 Å². The lowest BCUT2D eigenvalue weighted by molar-refractivity contribution is -0.120. The molecule has 0 saturated heterocycles. The van der Waals surface area contributed by atoms with E-state index in [-0.39, 0.29) is 11.8 Å². The van der Waals surface area contributed by atoms with Gasteiger partial charge in [0.25, 0.3) is 5.91 Å². The topological polar surface area (TPSA) is 74.1 Å². The Morgan fingerprint density at radius 2 is 1.84 bits per heavy atom. The number of halogens is 1. The molecule has 0 radical (unpaired) electrons. The zero-order chi connectivity index (χ0) is 22.1. The van der Waals surface area contributed by atoms with Gasteiger partial charge in [0.05, 0.1) is 21.6 Å². The number of aliphatic imine (C=N–C) groups is 2. The molecule has 0 fully saturated rings. The molecule has 160 valence electrons. The Morgan fingerprint density at radius 1 is 1.13 bits per heavy atom. The highest BCUT2D eigenvalue weighted by atomic mass is 35.5. The molecule has 31 heavy (non-hydrogen) atoms. The minimum absolute atomic E-state index is 0.165. The van der Waals surface area contributed by atoms with Crippen LogP contribution in [0.4, 0.5) is 11.4 Å². The van der Waals surface area contributed by atoms with Crippen LogP contribution in [0.15, 0.2) is 58.5 Å². The monoisotopic (exact) mass is 454 g/mol. The number of carbonyl (C=O) groups excluding carboxylic acids is 2. The lowest BCUT2D eigenvalue weighted by Crippen LogP contribution is -2.45. The van der Waals surface area contributed by atoms with Gasteiger partial charge in [-0.05, 0) is 43.5 Å². The summed E-state index contributed by atoms with van der Waals surface area (Å²) in [4.78, 5) is 36.6. The molecule has 4 rings (SSSR count). The third kappa shape index (κ3) is 4.38. The van der Waals surface area contributed by atoms with Crippen LogP contribution < -0.4 is 5.32 Å². The number of carbonyl (C=O) groups is 2. The molecule has 2 aromatic rings. The van der Waals surface area contributed by atoms with Crippen LogP contribution in [0, 0.1) is 5.92 Å². The summed E-state index contributed by atoms with van der Waals surface area (Å²) in [5.41, 5.74) is 2.14. The van der Waals surface area contributed by atoms with E-state index in [0.29, 0.717) is 34.1 Å². The average molecular weight is 455 g/mol. The second kappa shape index (κ2) is 8.85. The second-order valence-electron chi connectivity index (χ2n) is 7.93. The van der Waals surface area contributed by atoms with Gasteiger partial charge in [-0.1, -0.05) is 61.5 Å². The van der Waals surface area contributed by atoms with Gasteiger partial charge in [-0.3, -0.25) is 14.5 Å². The first kappa shape index (κ1) is 21.6. The lowest BCUT2D eigenvalue weighted by atomic mass is 10.0. The fraction of sp³-hybridized carbons (Fsp3) is 0.304. The van der Waals surface area contributed by atoms with Crippen molar-refractivity contribution in [1.29, 1.82) is 0 Å². The number of fused-ring (bicyclic) bond motifs is 3. The zero-order valence-electron chi connectivity index (χ0n) is 17.5. The summed E-state index contributed by atoms with van der Waals surface area (Å²) >= 11 is 7.49. The number of anilines is 1. The van der Waals surface area contributed by atoms with Crippen molar-refractivity contribution in [2.45, 2.75) is 38.5 Å². The molecule has 6 nitrogen and oxygen atoms in total. The molecule has 0 aliphatic carbocycles. The van der Waals surface area contributed by atoms with Gasteiger partial charge < -0.3 is 5.32 Å².